The number of rotatable bonds is 6. The van der Waals surface area contributed by atoms with Crippen molar-refractivity contribution in [2.24, 2.45) is 0 Å². The van der Waals surface area contributed by atoms with Crippen LogP contribution in [0.2, 0.25) is 0 Å². The second kappa shape index (κ2) is 6.55. The Morgan fingerprint density at radius 1 is 1.73 bits per heavy atom. The van der Waals surface area contributed by atoms with Crippen molar-refractivity contribution in [1.82, 2.24) is 5.32 Å². The monoisotopic (exact) mass is 229 g/mol. The lowest BCUT2D eigenvalue weighted by Crippen LogP contribution is -2.28. The second-order valence-corrected chi connectivity index (χ2v) is 3.90. The van der Waals surface area contributed by atoms with Crippen LogP contribution in [-0.2, 0) is 9.53 Å². The van der Waals surface area contributed by atoms with E-state index in [2.05, 4.69) is 5.32 Å². The van der Waals surface area contributed by atoms with Crippen molar-refractivity contribution in [3.63, 3.8) is 0 Å². The number of ether oxygens (including phenoxy) is 1. The molecule has 0 aliphatic heterocycles. The summed E-state index contributed by atoms with van der Waals surface area (Å²) >= 11 is 1.52. The van der Waals surface area contributed by atoms with E-state index < -0.39 is 6.10 Å². The summed E-state index contributed by atoms with van der Waals surface area (Å²) in [6.45, 7) is 0.652. The molecule has 0 fully saturated rings. The van der Waals surface area contributed by atoms with Crippen molar-refractivity contribution >= 4 is 17.2 Å². The molecule has 1 atom stereocenters. The summed E-state index contributed by atoms with van der Waals surface area (Å²) in [5.74, 6) is -0.105. The first-order valence-corrected chi connectivity index (χ1v) is 5.64. The topological polar surface area (TPSA) is 58.6 Å². The zero-order chi connectivity index (χ0) is 11.1. The first-order chi connectivity index (χ1) is 7.24. The van der Waals surface area contributed by atoms with E-state index in [9.17, 15) is 9.90 Å². The maximum absolute atomic E-state index is 11.2. The van der Waals surface area contributed by atoms with Gasteiger partial charge < -0.3 is 15.2 Å². The molecule has 84 valence electrons. The summed E-state index contributed by atoms with van der Waals surface area (Å²) < 4.78 is 4.77. The molecule has 0 aliphatic carbocycles. The van der Waals surface area contributed by atoms with Gasteiger partial charge in [-0.3, -0.25) is 4.79 Å². The molecule has 0 bridgehead atoms. The number of aliphatic hydroxyl groups excluding tert-OH is 1. The Balaban J connectivity index is 2.22. The third kappa shape index (κ3) is 4.42. The molecule has 0 aliphatic rings. The Morgan fingerprint density at radius 2 is 2.53 bits per heavy atom. The molecule has 1 aromatic heterocycles. The zero-order valence-corrected chi connectivity index (χ0v) is 9.42. The highest BCUT2D eigenvalue weighted by molar-refractivity contribution is 7.07. The minimum atomic E-state index is -0.622. The molecule has 1 unspecified atom stereocenters. The van der Waals surface area contributed by atoms with Gasteiger partial charge in [-0.05, 0) is 22.4 Å². The van der Waals surface area contributed by atoms with Crippen LogP contribution in [0.3, 0.4) is 0 Å². The van der Waals surface area contributed by atoms with Gasteiger partial charge in [0, 0.05) is 20.1 Å². The van der Waals surface area contributed by atoms with E-state index in [0.717, 1.165) is 5.56 Å². The summed E-state index contributed by atoms with van der Waals surface area (Å²) in [7, 11) is 1.55. The fraction of sp³-hybridized carbons (Fsp3) is 0.500. The van der Waals surface area contributed by atoms with E-state index in [1.54, 1.807) is 7.11 Å². The Morgan fingerprint density at radius 3 is 3.13 bits per heavy atom. The number of aliphatic hydroxyl groups is 1. The largest absolute Gasteiger partial charge is 0.387 e. The number of carbonyl (C=O) groups is 1. The summed E-state index contributed by atoms with van der Waals surface area (Å²) in [5.41, 5.74) is 0.840. The number of amides is 1. The molecular formula is C10H15NO3S. The molecule has 0 saturated heterocycles. The first-order valence-electron chi connectivity index (χ1n) is 4.70. The van der Waals surface area contributed by atoms with Crippen LogP contribution in [0.4, 0.5) is 0 Å². The molecule has 5 heteroatoms. The molecule has 0 radical (unpaired) electrons. The van der Waals surface area contributed by atoms with E-state index in [1.165, 1.54) is 11.3 Å². The van der Waals surface area contributed by atoms with Crippen LogP contribution in [0, 0.1) is 0 Å². The highest BCUT2D eigenvalue weighted by Crippen LogP contribution is 2.14. The SMILES string of the molecule is COCCC(=O)NCC(O)c1ccsc1. The third-order valence-electron chi connectivity index (χ3n) is 1.95. The number of hydrogen-bond donors (Lipinski definition) is 2. The highest BCUT2D eigenvalue weighted by atomic mass is 32.1. The van der Waals surface area contributed by atoms with Crippen molar-refractivity contribution in [2.45, 2.75) is 12.5 Å². The van der Waals surface area contributed by atoms with Gasteiger partial charge in [0.05, 0.1) is 12.7 Å². The summed E-state index contributed by atoms with van der Waals surface area (Å²) in [4.78, 5) is 11.2. The zero-order valence-electron chi connectivity index (χ0n) is 8.60. The van der Waals surface area contributed by atoms with Gasteiger partial charge >= 0.3 is 0 Å². The molecule has 0 spiro atoms. The molecule has 1 rings (SSSR count). The van der Waals surface area contributed by atoms with Crippen LogP contribution < -0.4 is 5.32 Å². The van der Waals surface area contributed by atoms with Crippen molar-refractivity contribution < 1.29 is 14.6 Å². The van der Waals surface area contributed by atoms with Gasteiger partial charge in [-0.2, -0.15) is 11.3 Å². The van der Waals surface area contributed by atoms with Gasteiger partial charge in [0.15, 0.2) is 0 Å². The van der Waals surface area contributed by atoms with Crippen LogP contribution in [-0.4, -0.2) is 31.3 Å². The molecule has 1 aromatic rings. The Hall–Kier alpha value is -0.910. The van der Waals surface area contributed by atoms with E-state index >= 15 is 0 Å². The third-order valence-corrected chi connectivity index (χ3v) is 2.66. The van der Waals surface area contributed by atoms with Crippen molar-refractivity contribution in [2.75, 3.05) is 20.3 Å². The van der Waals surface area contributed by atoms with Crippen LogP contribution in [0.5, 0.6) is 0 Å². The van der Waals surface area contributed by atoms with Crippen molar-refractivity contribution in [1.29, 1.82) is 0 Å². The van der Waals surface area contributed by atoms with Gasteiger partial charge in [0.25, 0.3) is 0 Å². The summed E-state index contributed by atoms with van der Waals surface area (Å²) in [5, 5.41) is 16.0. The van der Waals surface area contributed by atoms with E-state index in [-0.39, 0.29) is 12.5 Å². The summed E-state index contributed by atoms with van der Waals surface area (Å²) in [6, 6.07) is 1.84. The average Bonchev–Trinajstić information content (AvgIpc) is 2.76. The maximum atomic E-state index is 11.2. The lowest BCUT2D eigenvalue weighted by Gasteiger charge is -2.10. The summed E-state index contributed by atoms with van der Waals surface area (Å²) in [6.07, 6.45) is -0.296. The lowest BCUT2D eigenvalue weighted by atomic mass is 10.2. The fourth-order valence-electron chi connectivity index (χ4n) is 1.08. The number of nitrogens with one attached hydrogen (secondary N) is 1. The number of carbonyl (C=O) groups excluding carboxylic acids is 1. The Kier molecular flexibility index (Phi) is 5.31. The minimum absolute atomic E-state index is 0.105. The van der Waals surface area contributed by atoms with Crippen molar-refractivity contribution in [3.05, 3.63) is 22.4 Å². The standard InChI is InChI=1S/C10H15NO3S/c1-14-4-2-10(13)11-6-9(12)8-3-5-15-7-8/h3,5,7,9,12H,2,4,6H2,1H3,(H,11,13). The molecule has 0 aromatic carbocycles. The molecule has 1 heterocycles. The first kappa shape index (κ1) is 12.2. The van der Waals surface area contributed by atoms with E-state index in [0.29, 0.717) is 13.0 Å². The predicted molar refractivity (Wildman–Crippen MR) is 58.8 cm³/mol. The maximum Gasteiger partial charge on any atom is 0.222 e. The van der Waals surface area contributed by atoms with Gasteiger partial charge in [0.2, 0.25) is 5.91 Å². The van der Waals surface area contributed by atoms with Gasteiger partial charge in [-0.1, -0.05) is 0 Å². The van der Waals surface area contributed by atoms with Crippen LogP contribution in [0.1, 0.15) is 18.1 Å². The van der Waals surface area contributed by atoms with Crippen LogP contribution >= 0.6 is 11.3 Å². The quantitative estimate of drug-likeness (QED) is 0.763. The Labute approximate surface area is 92.9 Å². The van der Waals surface area contributed by atoms with Crippen LogP contribution in [0.25, 0.3) is 0 Å². The van der Waals surface area contributed by atoms with Gasteiger partial charge in [-0.25, -0.2) is 0 Å². The molecule has 4 nitrogen and oxygen atoms in total. The second-order valence-electron chi connectivity index (χ2n) is 3.12. The highest BCUT2D eigenvalue weighted by Gasteiger charge is 2.09. The predicted octanol–water partition coefficient (Wildman–Crippen LogP) is 0.934. The molecule has 15 heavy (non-hydrogen) atoms. The smallest absolute Gasteiger partial charge is 0.222 e. The molecular weight excluding hydrogens is 214 g/mol. The van der Waals surface area contributed by atoms with Crippen LogP contribution in [0.15, 0.2) is 16.8 Å². The number of hydrogen-bond acceptors (Lipinski definition) is 4. The number of thiophene rings is 1. The molecule has 1 amide bonds. The normalized spacial score (nSPS) is 12.4. The van der Waals surface area contributed by atoms with E-state index in [4.69, 9.17) is 4.74 Å². The lowest BCUT2D eigenvalue weighted by molar-refractivity contribution is -0.122. The Bertz CT molecular complexity index is 287. The molecule has 2 N–H and O–H groups in total. The van der Waals surface area contributed by atoms with Gasteiger partial charge in [0.1, 0.15) is 0 Å². The fourth-order valence-corrected chi connectivity index (χ4v) is 1.78. The van der Waals surface area contributed by atoms with Gasteiger partial charge in [-0.15, -0.1) is 0 Å². The number of methoxy groups -OCH3 is 1. The van der Waals surface area contributed by atoms with E-state index in [1.807, 2.05) is 16.8 Å². The molecule has 0 saturated carbocycles. The minimum Gasteiger partial charge on any atom is -0.387 e. The average molecular weight is 229 g/mol. The van der Waals surface area contributed by atoms with Crippen molar-refractivity contribution in [3.8, 4) is 0 Å².